The van der Waals surface area contributed by atoms with Crippen molar-refractivity contribution in [1.82, 2.24) is 4.31 Å². The molecule has 1 aliphatic heterocycles. The van der Waals surface area contributed by atoms with Crippen molar-refractivity contribution < 1.29 is 0 Å². The molecule has 1 aliphatic rings. The predicted molar refractivity (Wildman–Crippen MR) is 43.5 cm³/mol. The molecule has 1 saturated heterocycles. The van der Waals surface area contributed by atoms with Gasteiger partial charge in [0.15, 0.2) is 0 Å². The van der Waals surface area contributed by atoms with E-state index >= 15 is 0 Å². The van der Waals surface area contributed by atoms with E-state index in [2.05, 4.69) is 31.0 Å². The lowest BCUT2D eigenvalue weighted by Crippen LogP contribution is -2.12. The lowest BCUT2D eigenvalue weighted by atomic mass is 9.96. The molecule has 1 rings (SSSR count). The van der Waals surface area contributed by atoms with E-state index in [9.17, 15) is 0 Å². The van der Waals surface area contributed by atoms with Gasteiger partial charge in [-0.1, -0.05) is 26.7 Å². The molecule has 0 N–H and O–H groups in total. The SMILES string of the molecule is CC(C)C1CCN(S)C1. The van der Waals surface area contributed by atoms with Crippen molar-refractivity contribution in [1.29, 1.82) is 0 Å². The van der Waals surface area contributed by atoms with Gasteiger partial charge in [0.1, 0.15) is 0 Å². The van der Waals surface area contributed by atoms with Gasteiger partial charge in [0, 0.05) is 13.1 Å². The van der Waals surface area contributed by atoms with Crippen molar-refractivity contribution in [3.05, 3.63) is 0 Å². The molecule has 0 amide bonds. The molecule has 1 atom stereocenters. The summed E-state index contributed by atoms with van der Waals surface area (Å²) in [5.74, 6) is 1.73. The molecule has 9 heavy (non-hydrogen) atoms. The van der Waals surface area contributed by atoms with Gasteiger partial charge in [-0.2, -0.15) is 0 Å². The summed E-state index contributed by atoms with van der Waals surface area (Å²) in [5, 5.41) is 0. The second kappa shape index (κ2) is 2.93. The molecule has 0 aliphatic carbocycles. The average molecular weight is 145 g/mol. The van der Waals surface area contributed by atoms with Crippen LogP contribution in [0.2, 0.25) is 0 Å². The van der Waals surface area contributed by atoms with Crippen LogP contribution in [-0.4, -0.2) is 17.4 Å². The van der Waals surface area contributed by atoms with E-state index < -0.39 is 0 Å². The smallest absolute Gasteiger partial charge is 0.0118 e. The predicted octanol–water partition coefficient (Wildman–Crippen LogP) is 1.81. The fourth-order valence-corrected chi connectivity index (χ4v) is 1.64. The molecule has 2 heteroatoms. The lowest BCUT2D eigenvalue weighted by molar-refractivity contribution is 0.402. The highest BCUT2D eigenvalue weighted by Gasteiger charge is 2.22. The van der Waals surface area contributed by atoms with Crippen LogP contribution in [0.1, 0.15) is 20.3 Å². The topological polar surface area (TPSA) is 3.24 Å². The Bertz CT molecular complexity index is 92.9. The maximum absolute atomic E-state index is 4.28. The zero-order chi connectivity index (χ0) is 6.85. The fraction of sp³-hybridized carbons (Fsp3) is 1.00. The number of hydrogen-bond acceptors (Lipinski definition) is 2. The average Bonchev–Trinajstić information content (AvgIpc) is 2.14. The number of hydrogen-bond donors (Lipinski definition) is 1. The molecule has 0 spiro atoms. The zero-order valence-corrected chi connectivity index (χ0v) is 7.06. The first-order chi connectivity index (χ1) is 4.20. The molecule has 1 fully saturated rings. The maximum atomic E-state index is 4.28. The monoisotopic (exact) mass is 145 g/mol. The lowest BCUT2D eigenvalue weighted by Gasteiger charge is -2.12. The molecule has 54 valence electrons. The summed E-state index contributed by atoms with van der Waals surface area (Å²) in [6, 6.07) is 0. The zero-order valence-electron chi connectivity index (χ0n) is 6.17. The normalized spacial score (nSPS) is 30.0. The Morgan fingerprint density at radius 1 is 1.56 bits per heavy atom. The summed E-state index contributed by atoms with van der Waals surface area (Å²) in [5.41, 5.74) is 0. The van der Waals surface area contributed by atoms with Crippen molar-refractivity contribution in [2.24, 2.45) is 11.8 Å². The van der Waals surface area contributed by atoms with E-state index in [-0.39, 0.29) is 0 Å². The largest absolute Gasteiger partial charge is 0.253 e. The molecule has 1 heterocycles. The first-order valence-electron chi connectivity index (χ1n) is 3.64. The molecule has 0 aromatic heterocycles. The van der Waals surface area contributed by atoms with Crippen LogP contribution in [0, 0.1) is 11.8 Å². The summed E-state index contributed by atoms with van der Waals surface area (Å²) < 4.78 is 2.12. The van der Waals surface area contributed by atoms with Crippen molar-refractivity contribution in [3.8, 4) is 0 Å². The molecule has 0 aromatic rings. The fourth-order valence-electron chi connectivity index (χ4n) is 1.31. The van der Waals surface area contributed by atoms with Crippen LogP contribution < -0.4 is 0 Å². The highest BCUT2D eigenvalue weighted by atomic mass is 32.1. The second-order valence-corrected chi connectivity index (χ2v) is 3.77. The highest BCUT2D eigenvalue weighted by Crippen LogP contribution is 2.23. The van der Waals surface area contributed by atoms with Gasteiger partial charge in [-0.15, -0.1) is 0 Å². The first-order valence-corrected chi connectivity index (χ1v) is 4.04. The quantitative estimate of drug-likeness (QED) is 0.551. The van der Waals surface area contributed by atoms with Gasteiger partial charge in [-0.25, -0.2) is 0 Å². The van der Waals surface area contributed by atoms with Gasteiger partial charge in [0.05, 0.1) is 0 Å². The van der Waals surface area contributed by atoms with Crippen LogP contribution in [0.25, 0.3) is 0 Å². The van der Waals surface area contributed by atoms with Gasteiger partial charge < -0.3 is 0 Å². The third-order valence-electron chi connectivity index (χ3n) is 2.15. The van der Waals surface area contributed by atoms with E-state index in [1.807, 2.05) is 0 Å². The molecule has 1 unspecified atom stereocenters. The maximum Gasteiger partial charge on any atom is 0.0118 e. The van der Waals surface area contributed by atoms with Crippen LogP contribution in [0.4, 0.5) is 0 Å². The van der Waals surface area contributed by atoms with Gasteiger partial charge in [0.2, 0.25) is 0 Å². The number of thiol groups is 1. The number of nitrogens with zero attached hydrogens (tertiary/aromatic N) is 1. The molecule has 0 radical (unpaired) electrons. The van der Waals surface area contributed by atoms with Gasteiger partial charge in [-0.3, -0.25) is 4.31 Å². The molecule has 0 aromatic carbocycles. The Morgan fingerprint density at radius 2 is 2.22 bits per heavy atom. The summed E-state index contributed by atoms with van der Waals surface area (Å²) in [6.45, 7) is 6.93. The van der Waals surface area contributed by atoms with Crippen molar-refractivity contribution in [2.75, 3.05) is 13.1 Å². The Morgan fingerprint density at radius 3 is 2.44 bits per heavy atom. The Kier molecular flexibility index (Phi) is 2.42. The standard InChI is InChI=1S/C7H15NS/c1-6(2)7-3-4-8(9)5-7/h6-7,9H,3-5H2,1-2H3. The minimum Gasteiger partial charge on any atom is -0.253 e. The van der Waals surface area contributed by atoms with Gasteiger partial charge >= 0.3 is 0 Å². The van der Waals surface area contributed by atoms with Gasteiger partial charge in [-0.05, 0) is 18.3 Å². The minimum absolute atomic E-state index is 0.835. The van der Waals surface area contributed by atoms with Crippen LogP contribution >= 0.6 is 12.8 Å². The van der Waals surface area contributed by atoms with Crippen molar-refractivity contribution in [2.45, 2.75) is 20.3 Å². The van der Waals surface area contributed by atoms with E-state index in [1.54, 1.807) is 0 Å². The first kappa shape index (κ1) is 7.42. The van der Waals surface area contributed by atoms with E-state index in [0.717, 1.165) is 11.8 Å². The Balaban J connectivity index is 2.30. The van der Waals surface area contributed by atoms with Crippen LogP contribution in [-0.2, 0) is 0 Å². The Hall–Kier alpha value is 0.310. The number of rotatable bonds is 1. The summed E-state index contributed by atoms with van der Waals surface area (Å²) >= 11 is 4.28. The van der Waals surface area contributed by atoms with Crippen LogP contribution in [0.5, 0.6) is 0 Å². The third-order valence-corrected chi connectivity index (χ3v) is 2.51. The molecule has 1 nitrogen and oxygen atoms in total. The summed E-state index contributed by atoms with van der Waals surface area (Å²) in [6.07, 6.45) is 1.33. The van der Waals surface area contributed by atoms with E-state index in [1.165, 1.54) is 19.5 Å². The van der Waals surface area contributed by atoms with Crippen LogP contribution in [0.15, 0.2) is 0 Å². The second-order valence-electron chi connectivity index (χ2n) is 3.21. The molecular formula is C7H15NS. The minimum atomic E-state index is 0.835. The Labute approximate surface area is 63.0 Å². The molecule has 0 saturated carbocycles. The van der Waals surface area contributed by atoms with Gasteiger partial charge in [0.25, 0.3) is 0 Å². The molecular weight excluding hydrogens is 130 g/mol. The van der Waals surface area contributed by atoms with Crippen molar-refractivity contribution in [3.63, 3.8) is 0 Å². The van der Waals surface area contributed by atoms with E-state index in [0.29, 0.717) is 0 Å². The summed E-state index contributed by atoms with van der Waals surface area (Å²) in [4.78, 5) is 0. The van der Waals surface area contributed by atoms with E-state index in [4.69, 9.17) is 0 Å². The highest BCUT2D eigenvalue weighted by molar-refractivity contribution is 7.77. The molecule has 0 bridgehead atoms. The van der Waals surface area contributed by atoms with Crippen LogP contribution in [0.3, 0.4) is 0 Å². The van der Waals surface area contributed by atoms with Crippen molar-refractivity contribution >= 4 is 12.8 Å². The third kappa shape index (κ3) is 1.87. The summed E-state index contributed by atoms with van der Waals surface area (Å²) in [7, 11) is 0.